The van der Waals surface area contributed by atoms with Crippen molar-refractivity contribution in [2.75, 3.05) is 23.3 Å². The summed E-state index contributed by atoms with van der Waals surface area (Å²) in [4.78, 5) is 12.7. The Bertz CT molecular complexity index is 1260. The number of carbonyl (C=O) groups is 1. The van der Waals surface area contributed by atoms with Crippen molar-refractivity contribution in [1.82, 2.24) is 0 Å². The third-order valence-electron chi connectivity index (χ3n) is 4.67. The van der Waals surface area contributed by atoms with Crippen LogP contribution in [0.15, 0.2) is 70.0 Å². The number of methoxy groups -OCH3 is 1. The molecule has 3 aromatic rings. The average Bonchev–Trinajstić information content (AvgIpc) is 2.74. The smallest absolute Gasteiger partial charge is 0.268 e. The van der Waals surface area contributed by atoms with Crippen LogP contribution in [-0.4, -0.2) is 28.0 Å². The van der Waals surface area contributed by atoms with Crippen molar-refractivity contribution < 1.29 is 22.3 Å². The van der Waals surface area contributed by atoms with E-state index >= 15 is 0 Å². The van der Waals surface area contributed by atoms with Gasteiger partial charge in [0.2, 0.25) is 5.91 Å². The van der Waals surface area contributed by atoms with E-state index in [0.29, 0.717) is 10.2 Å². The van der Waals surface area contributed by atoms with E-state index in [2.05, 4.69) is 21.2 Å². The van der Waals surface area contributed by atoms with Gasteiger partial charge < -0.3 is 10.1 Å². The topological polar surface area (TPSA) is 75.7 Å². The zero-order chi connectivity index (χ0) is 23.5. The van der Waals surface area contributed by atoms with Crippen LogP contribution in [0.2, 0.25) is 0 Å². The first-order valence-corrected chi connectivity index (χ1v) is 11.8. The maximum Gasteiger partial charge on any atom is 0.268 e. The van der Waals surface area contributed by atoms with E-state index in [9.17, 15) is 17.6 Å². The number of hydrogen-bond acceptors (Lipinski definition) is 4. The molecule has 0 saturated heterocycles. The van der Waals surface area contributed by atoms with E-state index in [4.69, 9.17) is 4.74 Å². The number of sulfonamides is 1. The van der Waals surface area contributed by atoms with Crippen molar-refractivity contribution in [2.45, 2.75) is 18.7 Å². The monoisotopic (exact) mass is 520 g/mol. The lowest BCUT2D eigenvalue weighted by Gasteiger charge is -2.25. The number of rotatable bonds is 7. The van der Waals surface area contributed by atoms with Crippen molar-refractivity contribution in [1.29, 1.82) is 0 Å². The van der Waals surface area contributed by atoms with E-state index in [1.54, 1.807) is 43.3 Å². The number of halogens is 2. The van der Waals surface area contributed by atoms with Crippen LogP contribution < -0.4 is 14.4 Å². The third kappa shape index (κ3) is 5.28. The molecule has 0 heterocycles. The first kappa shape index (κ1) is 23.7. The maximum atomic E-state index is 14.2. The summed E-state index contributed by atoms with van der Waals surface area (Å²) < 4.78 is 48.3. The molecule has 3 rings (SSSR count). The third-order valence-corrected chi connectivity index (χ3v) is 6.96. The minimum absolute atomic E-state index is 0.0482. The van der Waals surface area contributed by atoms with Gasteiger partial charge in [0.15, 0.2) is 0 Å². The minimum Gasteiger partial charge on any atom is -0.495 e. The van der Waals surface area contributed by atoms with E-state index in [-0.39, 0.29) is 16.3 Å². The Morgan fingerprint density at radius 1 is 1.06 bits per heavy atom. The number of ether oxygens (including phenoxy) is 1. The molecule has 6 nitrogen and oxygen atoms in total. The summed E-state index contributed by atoms with van der Waals surface area (Å²) in [5.74, 6) is -1.17. The van der Waals surface area contributed by atoms with Gasteiger partial charge in [0, 0.05) is 4.47 Å². The number of carbonyl (C=O) groups excluding carboxylic acids is 1. The number of nitrogens with one attached hydrogen (secondary N) is 1. The van der Waals surface area contributed by atoms with Crippen molar-refractivity contribution in [2.24, 2.45) is 0 Å². The summed E-state index contributed by atoms with van der Waals surface area (Å²) in [6, 6.07) is 15.7. The highest BCUT2D eigenvalue weighted by Gasteiger charge is 2.30. The zero-order valence-corrected chi connectivity index (χ0v) is 20.1. The van der Waals surface area contributed by atoms with Gasteiger partial charge in [0.25, 0.3) is 10.0 Å². The van der Waals surface area contributed by atoms with Crippen LogP contribution in [0.25, 0.3) is 0 Å². The zero-order valence-electron chi connectivity index (χ0n) is 17.7. The van der Waals surface area contributed by atoms with Gasteiger partial charge in [-0.3, -0.25) is 9.10 Å². The van der Waals surface area contributed by atoms with Crippen LogP contribution in [-0.2, 0) is 14.8 Å². The molecule has 0 saturated carbocycles. The van der Waals surface area contributed by atoms with E-state index in [1.165, 1.54) is 25.3 Å². The first-order valence-electron chi connectivity index (χ1n) is 9.61. The molecule has 3 aromatic carbocycles. The summed E-state index contributed by atoms with van der Waals surface area (Å²) in [5, 5.41) is 2.44. The van der Waals surface area contributed by atoms with Gasteiger partial charge in [-0.05, 0) is 67.4 Å². The molecule has 9 heteroatoms. The number of nitrogens with zero attached hydrogens (tertiary/aromatic N) is 1. The molecule has 1 amide bonds. The second kappa shape index (κ2) is 9.70. The predicted octanol–water partition coefficient (Wildman–Crippen LogP) is 5.05. The molecule has 0 spiro atoms. The lowest BCUT2D eigenvalue weighted by Crippen LogP contribution is -2.38. The van der Waals surface area contributed by atoms with Crippen LogP contribution in [0.4, 0.5) is 15.8 Å². The molecule has 0 aromatic heterocycles. The second-order valence-electron chi connectivity index (χ2n) is 7.18. The standard InChI is InChI=1S/C23H22BrFN2O4S/c1-15-5-4-6-18(11-15)27(14-23(28)26-20-9-8-17(24)13-19(20)25)32(29,30)22-12-16(2)7-10-21(22)31-3/h4-13H,14H2,1-3H3,(H,26,28). The Balaban J connectivity index is 2.03. The molecule has 0 radical (unpaired) electrons. The normalized spacial score (nSPS) is 11.2. The Kier molecular flexibility index (Phi) is 7.20. The fraction of sp³-hybridized carbons (Fsp3) is 0.174. The lowest BCUT2D eigenvalue weighted by atomic mass is 10.2. The lowest BCUT2D eigenvalue weighted by molar-refractivity contribution is -0.114. The average molecular weight is 521 g/mol. The van der Waals surface area contributed by atoms with Crippen LogP contribution in [0.3, 0.4) is 0 Å². The highest BCUT2D eigenvalue weighted by atomic mass is 79.9. The van der Waals surface area contributed by atoms with Crippen LogP contribution in [0.1, 0.15) is 11.1 Å². The largest absolute Gasteiger partial charge is 0.495 e. The number of anilines is 2. The van der Waals surface area contributed by atoms with Gasteiger partial charge in [-0.1, -0.05) is 34.1 Å². The molecule has 0 unspecified atom stereocenters. The summed E-state index contributed by atoms with van der Waals surface area (Å²) in [7, 11) is -2.82. The van der Waals surface area contributed by atoms with Gasteiger partial charge in [0.05, 0.1) is 18.5 Å². The van der Waals surface area contributed by atoms with Gasteiger partial charge in [-0.2, -0.15) is 0 Å². The predicted molar refractivity (Wildman–Crippen MR) is 126 cm³/mol. The summed E-state index contributed by atoms with van der Waals surface area (Å²) in [5.41, 5.74) is 1.79. The number of aryl methyl sites for hydroxylation is 2. The second-order valence-corrected chi connectivity index (χ2v) is 9.92. The van der Waals surface area contributed by atoms with E-state index in [0.717, 1.165) is 15.4 Å². The molecular formula is C23H22BrFN2O4S. The Morgan fingerprint density at radius 3 is 2.44 bits per heavy atom. The number of amides is 1. The molecule has 1 N–H and O–H groups in total. The highest BCUT2D eigenvalue weighted by molar-refractivity contribution is 9.10. The maximum absolute atomic E-state index is 14.2. The molecule has 0 aliphatic heterocycles. The van der Waals surface area contributed by atoms with Gasteiger partial charge >= 0.3 is 0 Å². The summed E-state index contributed by atoms with van der Waals surface area (Å²) >= 11 is 3.16. The summed E-state index contributed by atoms with van der Waals surface area (Å²) in [6.07, 6.45) is 0. The molecule has 0 aliphatic rings. The highest BCUT2D eigenvalue weighted by Crippen LogP contribution is 2.31. The quantitative estimate of drug-likeness (QED) is 0.473. The molecular weight excluding hydrogens is 499 g/mol. The van der Waals surface area contributed by atoms with Crippen molar-refractivity contribution in [3.05, 3.63) is 82.1 Å². The Labute approximate surface area is 195 Å². The molecule has 168 valence electrons. The molecule has 0 aliphatic carbocycles. The Morgan fingerprint density at radius 2 is 1.78 bits per heavy atom. The van der Waals surface area contributed by atoms with Crippen molar-refractivity contribution in [3.8, 4) is 5.75 Å². The van der Waals surface area contributed by atoms with E-state index in [1.807, 2.05) is 13.0 Å². The van der Waals surface area contributed by atoms with Crippen molar-refractivity contribution >= 4 is 43.2 Å². The molecule has 32 heavy (non-hydrogen) atoms. The van der Waals surface area contributed by atoms with Gasteiger partial charge in [0.1, 0.15) is 23.0 Å². The SMILES string of the molecule is COc1ccc(C)cc1S(=O)(=O)N(CC(=O)Nc1ccc(Br)cc1F)c1cccc(C)c1. The summed E-state index contributed by atoms with van der Waals surface area (Å²) in [6.45, 7) is 3.02. The van der Waals surface area contributed by atoms with Crippen LogP contribution in [0, 0.1) is 19.7 Å². The van der Waals surface area contributed by atoms with Crippen LogP contribution >= 0.6 is 15.9 Å². The number of hydrogen-bond donors (Lipinski definition) is 1. The van der Waals surface area contributed by atoms with Gasteiger partial charge in [-0.15, -0.1) is 0 Å². The molecule has 0 atom stereocenters. The van der Waals surface area contributed by atoms with Crippen molar-refractivity contribution in [3.63, 3.8) is 0 Å². The minimum atomic E-state index is -4.19. The fourth-order valence-electron chi connectivity index (χ4n) is 3.11. The molecule has 0 fully saturated rings. The molecule has 0 bridgehead atoms. The Hall–Kier alpha value is -2.91. The van der Waals surface area contributed by atoms with E-state index < -0.39 is 28.3 Å². The first-order chi connectivity index (χ1) is 15.1. The number of benzene rings is 3. The fourth-order valence-corrected chi connectivity index (χ4v) is 5.10. The van der Waals surface area contributed by atoms with Crippen LogP contribution in [0.5, 0.6) is 5.75 Å². The van der Waals surface area contributed by atoms with Gasteiger partial charge in [-0.25, -0.2) is 12.8 Å².